The minimum absolute atomic E-state index is 0.164. The van der Waals surface area contributed by atoms with Crippen molar-refractivity contribution in [2.75, 3.05) is 0 Å². The fourth-order valence-corrected chi connectivity index (χ4v) is 1.26. The van der Waals surface area contributed by atoms with E-state index in [-0.39, 0.29) is 11.4 Å². The molecule has 1 heterocycles. The highest BCUT2D eigenvalue weighted by Gasteiger charge is 2.10. The summed E-state index contributed by atoms with van der Waals surface area (Å²) in [7, 11) is 0. The molecule has 78 valence electrons. The van der Waals surface area contributed by atoms with Gasteiger partial charge < -0.3 is 5.11 Å². The molecule has 3 nitrogen and oxygen atoms in total. The summed E-state index contributed by atoms with van der Waals surface area (Å²) in [4.78, 5) is 11.3. The van der Waals surface area contributed by atoms with Crippen LogP contribution in [0.2, 0.25) is 0 Å². The van der Waals surface area contributed by atoms with Crippen molar-refractivity contribution in [3.63, 3.8) is 0 Å². The molecule has 0 aliphatic heterocycles. The minimum atomic E-state index is -0.779. The van der Waals surface area contributed by atoms with E-state index >= 15 is 0 Å². The van der Waals surface area contributed by atoms with Gasteiger partial charge >= 0.3 is 0 Å². The van der Waals surface area contributed by atoms with Crippen LogP contribution in [0.4, 0.5) is 4.39 Å². The number of rotatable bonds is 3. The Balaban J connectivity index is 3.16. The maximum absolute atomic E-state index is 13.2. The molecule has 0 spiro atoms. The summed E-state index contributed by atoms with van der Waals surface area (Å²) in [5.41, 5.74) is -0.559. The lowest BCUT2D eigenvalue weighted by Crippen LogP contribution is -2.23. The molecule has 14 heavy (non-hydrogen) atoms. The Bertz CT molecular complexity index is 384. The van der Waals surface area contributed by atoms with Crippen LogP contribution >= 0.6 is 0 Å². The quantitative estimate of drug-likeness (QED) is 0.806. The Morgan fingerprint density at radius 3 is 2.79 bits per heavy atom. The van der Waals surface area contributed by atoms with Crippen LogP contribution in [0.25, 0.3) is 0 Å². The van der Waals surface area contributed by atoms with Gasteiger partial charge in [0.05, 0.1) is 0 Å². The number of hydrogen-bond acceptors (Lipinski definition) is 2. The molecule has 1 N–H and O–H groups in total. The third-order valence-electron chi connectivity index (χ3n) is 2.14. The van der Waals surface area contributed by atoms with Crippen LogP contribution in [0.15, 0.2) is 10.9 Å². The van der Waals surface area contributed by atoms with Gasteiger partial charge in [0, 0.05) is 12.6 Å². The van der Waals surface area contributed by atoms with E-state index in [1.54, 1.807) is 0 Å². The fraction of sp³-hybridized carbons (Fsp3) is 0.500. The molecule has 4 heteroatoms. The van der Waals surface area contributed by atoms with Gasteiger partial charge in [0.1, 0.15) is 0 Å². The largest absolute Gasteiger partial charge is 0.494 e. The molecule has 0 saturated heterocycles. The summed E-state index contributed by atoms with van der Waals surface area (Å²) in [6, 6.07) is 1.27. The Labute approximate surface area is 81.8 Å². The van der Waals surface area contributed by atoms with E-state index in [4.69, 9.17) is 0 Å². The highest BCUT2D eigenvalue weighted by molar-refractivity contribution is 5.21. The zero-order chi connectivity index (χ0) is 10.7. The van der Waals surface area contributed by atoms with Gasteiger partial charge in [-0.3, -0.25) is 9.36 Å². The molecule has 0 fully saturated rings. The number of nitrogens with zero attached hydrogens (tertiary/aromatic N) is 1. The fourth-order valence-electron chi connectivity index (χ4n) is 1.26. The lowest BCUT2D eigenvalue weighted by atomic mass is 10.2. The van der Waals surface area contributed by atoms with Crippen molar-refractivity contribution >= 4 is 0 Å². The number of unbranched alkanes of at least 4 members (excludes halogenated alkanes) is 1. The molecule has 0 atom stereocenters. The molecular formula is C10H14FNO2. The van der Waals surface area contributed by atoms with Crippen LogP contribution in [0.5, 0.6) is 5.88 Å². The Kier molecular flexibility index (Phi) is 3.28. The van der Waals surface area contributed by atoms with Gasteiger partial charge in [-0.15, -0.1) is 0 Å². The van der Waals surface area contributed by atoms with Crippen molar-refractivity contribution in [2.45, 2.75) is 33.2 Å². The van der Waals surface area contributed by atoms with Gasteiger partial charge in [-0.25, -0.2) is 4.39 Å². The molecule has 1 rings (SSSR count). The van der Waals surface area contributed by atoms with Crippen LogP contribution in [-0.2, 0) is 6.54 Å². The van der Waals surface area contributed by atoms with Gasteiger partial charge in [-0.05, 0) is 18.9 Å². The lowest BCUT2D eigenvalue weighted by molar-refractivity contribution is 0.391. The van der Waals surface area contributed by atoms with Crippen LogP contribution in [-0.4, -0.2) is 9.67 Å². The van der Waals surface area contributed by atoms with Gasteiger partial charge in [0.15, 0.2) is 11.7 Å². The molecule has 0 unspecified atom stereocenters. The molecule has 0 amide bonds. The minimum Gasteiger partial charge on any atom is -0.494 e. The maximum Gasteiger partial charge on any atom is 0.289 e. The first-order valence-corrected chi connectivity index (χ1v) is 4.66. The molecule has 1 aromatic heterocycles. The van der Waals surface area contributed by atoms with E-state index in [1.807, 2.05) is 6.92 Å². The predicted molar refractivity (Wildman–Crippen MR) is 52.0 cm³/mol. The second-order valence-corrected chi connectivity index (χ2v) is 3.31. The monoisotopic (exact) mass is 199 g/mol. The standard InChI is InChI=1S/C10H14FNO2/c1-3-4-5-12-8(13)6-7(2)9(11)10(12)14/h6,13H,3-5H2,1-2H3. The second-order valence-electron chi connectivity index (χ2n) is 3.31. The summed E-state index contributed by atoms with van der Waals surface area (Å²) in [6.45, 7) is 3.78. The van der Waals surface area contributed by atoms with Crippen molar-refractivity contribution < 1.29 is 9.50 Å². The first-order chi connectivity index (χ1) is 6.57. The van der Waals surface area contributed by atoms with Crippen molar-refractivity contribution in [3.05, 3.63) is 27.8 Å². The second kappa shape index (κ2) is 4.26. The first kappa shape index (κ1) is 10.8. The average Bonchev–Trinajstić information content (AvgIpc) is 2.14. The molecular weight excluding hydrogens is 185 g/mol. The summed E-state index contributed by atoms with van der Waals surface area (Å²) >= 11 is 0. The number of aryl methyl sites for hydroxylation is 1. The van der Waals surface area contributed by atoms with Gasteiger partial charge in [-0.2, -0.15) is 0 Å². The van der Waals surface area contributed by atoms with E-state index in [1.165, 1.54) is 13.0 Å². The maximum atomic E-state index is 13.2. The number of aromatic nitrogens is 1. The summed E-state index contributed by atoms with van der Waals surface area (Å²) in [6.07, 6.45) is 1.64. The molecule has 0 aliphatic rings. The molecule has 0 radical (unpaired) electrons. The van der Waals surface area contributed by atoms with Gasteiger partial charge in [0.25, 0.3) is 5.56 Å². The zero-order valence-electron chi connectivity index (χ0n) is 8.38. The molecule has 0 aliphatic carbocycles. The summed E-state index contributed by atoms with van der Waals surface area (Å²) in [5, 5.41) is 9.42. The zero-order valence-corrected chi connectivity index (χ0v) is 8.38. The van der Waals surface area contributed by atoms with Crippen molar-refractivity contribution in [1.82, 2.24) is 4.57 Å². The van der Waals surface area contributed by atoms with Crippen LogP contribution in [0.3, 0.4) is 0 Å². The Hall–Kier alpha value is -1.32. The SMILES string of the molecule is CCCCn1c(O)cc(C)c(F)c1=O. The number of pyridine rings is 1. The molecule has 1 aromatic rings. The highest BCUT2D eigenvalue weighted by Crippen LogP contribution is 2.11. The van der Waals surface area contributed by atoms with Crippen LogP contribution in [0, 0.1) is 12.7 Å². The molecule has 0 saturated carbocycles. The topological polar surface area (TPSA) is 42.2 Å². The van der Waals surface area contributed by atoms with E-state index < -0.39 is 11.4 Å². The predicted octanol–water partition coefficient (Wildman–Crippen LogP) is 1.80. The lowest BCUT2D eigenvalue weighted by Gasteiger charge is -2.08. The first-order valence-electron chi connectivity index (χ1n) is 4.66. The third-order valence-corrected chi connectivity index (χ3v) is 2.14. The van der Waals surface area contributed by atoms with Crippen LogP contribution in [0.1, 0.15) is 25.3 Å². The van der Waals surface area contributed by atoms with Crippen molar-refractivity contribution in [2.24, 2.45) is 0 Å². The number of hydrogen-bond donors (Lipinski definition) is 1. The third kappa shape index (κ3) is 1.95. The van der Waals surface area contributed by atoms with Crippen molar-refractivity contribution in [3.8, 4) is 5.88 Å². The van der Waals surface area contributed by atoms with Crippen molar-refractivity contribution in [1.29, 1.82) is 0 Å². The molecule has 0 bridgehead atoms. The normalized spacial score (nSPS) is 10.5. The van der Waals surface area contributed by atoms with E-state index in [2.05, 4.69) is 0 Å². The van der Waals surface area contributed by atoms with Gasteiger partial charge in [0.2, 0.25) is 0 Å². The smallest absolute Gasteiger partial charge is 0.289 e. The van der Waals surface area contributed by atoms with E-state index in [0.717, 1.165) is 17.4 Å². The number of halogens is 1. The van der Waals surface area contributed by atoms with E-state index in [0.29, 0.717) is 6.54 Å². The Morgan fingerprint density at radius 1 is 1.57 bits per heavy atom. The van der Waals surface area contributed by atoms with E-state index in [9.17, 15) is 14.3 Å². The number of aromatic hydroxyl groups is 1. The average molecular weight is 199 g/mol. The Morgan fingerprint density at radius 2 is 2.21 bits per heavy atom. The van der Waals surface area contributed by atoms with Gasteiger partial charge in [-0.1, -0.05) is 13.3 Å². The molecule has 0 aromatic carbocycles. The summed E-state index contributed by atoms with van der Waals surface area (Å²) < 4.78 is 14.2. The highest BCUT2D eigenvalue weighted by atomic mass is 19.1. The summed E-state index contributed by atoms with van der Waals surface area (Å²) in [5.74, 6) is -0.943. The van der Waals surface area contributed by atoms with Crippen LogP contribution < -0.4 is 5.56 Å².